The van der Waals surface area contributed by atoms with Gasteiger partial charge in [0.1, 0.15) is 6.04 Å². The second-order valence-corrected chi connectivity index (χ2v) is 4.66. The van der Waals surface area contributed by atoms with Gasteiger partial charge in [0.15, 0.2) is 0 Å². The van der Waals surface area contributed by atoms with Crippen LogP contribution in [0, 0.1) is 6.92 Å². The molecule has 1 aromatic rings. The molecule has 0 bridgehead atoms. The highest BCUT2D eigenvalue weighted by Gasteiger charge is 2.17. The zero-order chi connectivity index (χ0) is 14.4. The molecule has 0 aromatic carbocycles. The fourth-order valence-corrected chi connectivity index (χ4v) is 1.61. The molecule has 1 atom stereocenters. The highest BCUT2D eigenvalue weighted by Crippen LogP contribution is 2.15. The smallest absolute Gasteiger partial charge is 0.326 e. The number of nitrogens with one attached hydrogen (secondary N) is 1. The fraction of sp³-hybridized carbons (Fsp3) is 0.615. The Morgan fingerprint density at radius 3 is 2.68 bits per heavy atom. The van der Waals surface area contributed by atoms with E-state index in [1.807, 2.05) is 27.7 Å². The lowest BCUT2D eigenvalue weighted by molar-refractivity contribution is -0.138. The Morgan fingerprint density at radius 2 is 2.16 bits per heavy atom. The van der Waals surface area contributed by atoms with Gasteiger partial charge in [-0.3, -0.25) is 0 Å². The van der Waals surface area contributed by atoms with Crippen molar-refractivity contribution in [3.05, 3.63) is 11.8 Å². The topological polar surface area (TPSA) is 84.3 Å². The van der Waals surface area contributed by atoms with E-state index in [0.29, 0.717) is 12.3 Å². The fourth-order valence-electron chi connectivity index (χ4n) is 1.61. The second kappa shape index (κ2) is 6.92. The predicted octanol–water partition coefficient (Wildman–Crippen LogP) is 2.24. The van der Waals surface area contributed by atoms with Gasteiger partial charge in [-0.05, 0) is 27.2 Å². The lowest BCUT2D eigenvalue weighted by Gasteiger charge is -2.15. The number of anilines is 1. The maximum Gasteiger partial charge on any atom is 0.326 e. The van der Waals surface area contributed by atoms with E-state index in [0.717, 1.165) is 12.1 Å². The molecule has 0 aliphatic carbocycles. The summed E-state index contributed by atoms with van der Waals surface area (Å²) in [5.74, 6) is -0.166. The van der Waals surface area contributed by atoms with Crippen LogP contribution in [0.3, 0.4) is 0 Å². The van der Waals surface area contributed by atoms with Gasteiger partial charge in [-0.2, -0.15) is 4.98 Å². The van der Waals surface area contributed by atoms with Crippen LogP contribution >= 0.6 is 0 Å². The number of rotatable bonds is 7. The van der Waals surface area contributed by atoms with Crippen molar-refractivity contribution in [1.82, 2.24) is 9.97 Å². The molecule has 0 aliphatic heterocycles. The zero-order valence-corrected chi connectivity index (χ0v) is 11.8. The van der Waals surface area contributed by atoms with Gasteiger partial charge in [-0.15, -0.1) is 0 Å². The van der Waals surface area contributed by atoms with Gasteiger partial charge in [-0.1, -0.05) is 13.3 Å². The lowest BCUT2D eigenvalue weighted by atomic mass is 10.2. The molecule has 6 heteroatoms. The molecular formula is C13H21N3O3. The number of aromatic nitrogens is 2. The summed E-state index contributed by atoms with van der Waals surface area (Å²) in [6, 6.07) is 1.04. The number of hydrogen-bond donors (Lipinski definition) is 2. The third kappa shape index (κ3) is 5.11. The van der Waals surface area contributed by atoms with Gasteiger partial charge < -0.3 is 15.2 Å². The summed E-state index contributed by atoms with van der Waals surface area (Å²) in [5, 5.41) is 11.9. The summed E-state index contributed by atoms with van der Waals surface area (Å²) >= 11 is 0. The molecule has 1 heterocycles. The minimum Gasteiger partial charge on any atom is -0.480 e. The number of aryl methyl sites for hydroxylation is 1. The molecule has 6 nitrogen and oxygen atoms in total. The van der Waals surface area contributed by atoms with Crippen LogP contribution in [-0.4, -0.2) is 33.2 Å². The molecule has 1 unspecified atom stereocenters. The minimum atomic E-state index is -0.904. The van der Waals surface area contributed by atoms with Crippen LogP contribution in [0.15, 0.2) is 6.07 Å². The van der Waals surface area contributed by atoms with Crippen LogP contribution in [-0.2, 0) is 4.79 Å². The average Bonchev–Trinajstić information content (AvgIpc) is 2.26. The lowest BCUT2D eigenvalue weighted by Crippen LogP contribution is -2.30. The predicted molar refractivity (Wildman–Crippen MR) is 72.5 cm³/mol. The summed E-state index contributed by atoms with van der Waals surface area (Å²) in [5.41, 5.74) is 0.730. The molecule has 2 N–H and O–H groups in total. The Morgan fingerprint density at radius 1 is 1.47 bits per heavy atom. The van der Waals surface area contributed by atoms with E-state index in [1.165, 1.54) is 0 Å². The van der Waals surface area contributed by atoms with E-state index in [2.05, 4.69) is 15.3 Å². The van der Waals surface area contributed by atoms with Crippen molar-refractivity contribution in [3.8, 4) is 5.88 Å². The number of aliphatic carboxylic acids is 1. The third-order valence-electron chi connectivity index (χ3n) is 2.37. The van der Waals surface area contributed by atoms with Crippen molar-refractivity contribution in [2.75, 3.05) is 5.32 Å². The summed E-state index contributed by atoms with van der Waals surface area (Å²) in [6.45, 7) is 7.56. The molecular weight excluding hydrogens is 246 g/mol. The molecule has 0 spiro atoms. The molecule has 0 saturated heterocycles. The minimum absolute atomic E-state index is 0.00747. The monoisotopic (exact) mass is 267 g/mol. The van der Waals surface area contributed by atoms with Crippen LogP contribution in [0.4, 0.5) is 5.95 Å². The number of nitrogens with zero attached hydrogens (tertiary/aromatic N) is 2. The van der Waals surface area contributed by atoms with Gasteiger partial charge in [0.2, 0.25) is 11.8 Å². The Hall–Kier alpha value is -1.85. The Bertz CT molecular complexity index is 435. The molecule has 0 amide bonds. The molecule has 0 aliphatic rings. The first-order valence-corrected chi connectivity index (χ1v) is 6.44. The van der Waals surface area contributed by atoms with Crippen LogP contribution in [0.5, 0.6) is 5.88 Å². The van der Waals surface area contributed by atoms with Crippen molar-refractivity contribution in [3.63, 3.8) is 0 Å². The SMILES string of the molecule is CCCC(Nc1nc(C)cc(OC(C)C)n1)C(=O)O. The second-order valence-electron chi connectivity index (χ2n) is 4.66. The average molecular weight is 267 g/mol. The van der Waals surface area contributed by atoms with Crippen molar-refractivity contribution in [2.45, 2.75) is 52.7 Å². The summed E-state index contributed by atoms with van der Waals surface area (Å²) in [4.78, 5) is 19.4. The molecule has 0 radical (unpaired) electrons. The van der Waals surface area contributed by atoms with Gasteiger partial charge in [-0.25, -0.2) is 9.78 Å². The maximum absolute atomic E-state index is 11.1. The summed E-state index contributed by atoms with van der Waals surface area (Å²) in [6.07, 6.45) is 1.30. The molecule has 0 saturated carbocycles. The van der Waals surface area contributed by atoms with E-state index in [4.69, 9.17) is 9.84 Å². The summed E-state index contributed by atoms with van der Waals surface area (Å²) in [7, 11) is 0. The summed E-state index contributed by atoms with van der Waals surface area (Å²) < 4.78 is 5.50. The molecule has 1 rings (SSSR count). The normalized spacial score (nSPS) is 12.3. The van der Waals surface area contributed by atoms with E-state index in [-0.39, 0.29) is 12.1 Å². The quantitative estimate of drug-likeness (QED) is 0.788. The zero-order valence-electron chi connectivity index (χ0n) is 11.8. The van der Waals surface area contributed by atoms with E-state index >= 15 is 0 Å². The largest absolute Gasteiger partial charge is 0.480 e. The van der Waals surface area contributed by atoms with E-state index < -0.39 is 12.0 Å². The molecule has 0 fully saturated rings. The Labute approximate surface area is 113 Å². The van der Waals surface area contributed by atoms with Crippen molar-refractivity contribution < 1.29 is 14.6 Å². The van der Waals surface area contributed by atoms with Crippen LogP contribution in [0.25, 0.3) is 0 Å². The number of hydrogen-bond acceptors (Lipinski definition) is 5. The van der Waals surface area contributed by atoms with Crippen LogP contribution in [0.1, 0.15) is 39.3 Å². The number of carboxylic acid groups (broad SMARTS) is 1. The highest BCUT2D eigenvalue weighted by molar-refractivity contribution is 5.76. The number of carbonyl (C=O) groups is 1. The molecule has 19 heavy (non-hydrogen) atoms. The van der Waals surface area contributed by atoms with E-state index in [1.54, 1.807) is 6.07 Å². The Balaban J connectivity index is 2.87. The maximum atomic E-state index is 11.1. The number of ether oxygens (including phenoxy) is 1. The van der Waals surface area contributed by atoms with Gasteiger partial charge in [0.05, 0.1) is 6.10 Å². The first-order chi connectivity index (χ1) is 8.92. The van der Waals surface area contributed by atoms with Crippen molar-refractivity contribution in [1.29, 1.82) is 0 Å². The first kappa shape index (κ1) is 15.2. The van der Waals surface area contributed by atoms with Gasteiger partial charge in [0, 0.05) is 11.8 Å². The van der Waals surface area contributed by atoms with Crippen molar-refractivity contribution in [2.24, 2.45) is 0 Å². The highest BCUT2D eigenvalue weighted by atomic mass is 16.5. The standard InChI is InChI=1S/C13H21N3O3/c1-5-6-10(12(17)18)15-13-14-9(4)7-11(16-13)19-8(2)3/h7-8,10H,5-6H2,1-4H3,(H,17,18)(H,14,15,16). The van der Waals surface area contributed by atoms with Gasteiger partial charge in [0.25, 0.3) is 0 Å². The van der Waals surface area contributed by atoms with E-state index in [9.17, 15) is 4.79 Å². The molecule has 1 aromatic heterocycles. The van der Waals surface area contributed by atoms with Crippen LogP contribution < -0.4 is 10.1 Å². The first-order valence-electron chi connectivity index (χ1n) is 6.44. The van der Waals surface area contributed by atoms with Crippen molar-refractivity contribution >= 4 is 11.9 Å². The Kier molecular flexibility index (Phi) is 5.54. The van der Waals surface area contributed by atoms with Crippen LogP contribution in [0.2, 0.25) is 0 Å². The molecule has 106 valence electrons. The number of carboxylic acids is 1. The van der Waals surface area contributed by atoms with Gasteiger partial charge >= 0.3 is 5.97 Å². The third-order valence-corrected chi connectivity index (χ3v) is 2.37.